The molecule has 0 fully saturated rings. The van der Waals surface area contributed by atoms with Crippen molar-refractivity contribution in [2.75, 3.05) is 26.8 Å². The predicted molar refractivity (Wildman–Crippen MR) is 81.6 cm³/mol. The smallest absolute Gasteiger partial charge is 0.346 e. The van der Waals surface area contributed by atoms with Gasteiger partial charge < -0.3 is 9.84 Å². The van der Waals surface area contributed by atoms with Crippen molar-refractivity contribution in [2.45, 2.75) is 13.5 Å². The second-order valence-electron chi connectivity index (χ2n) is 4.57. The number of benzene rings is 1. The number of carbonyl (C=O) groups is 1. The van der Waals surface area contributed by atoms with Gasteiger partial charge in [-0.2, -0.15) is 0 Å². The lowest BCUT2D eigenvalue weighted by Crippen LogP contribution is -2.27. The van der Waals surface area contributed by atoms with E-state index in [0.717, 1.165) is 28.7 Å². The molecule has 0 unspecified atom stereocenters. The summed E-state index contributed by atoms with van der Waals surface area (Å²) in [6, 6.07) is 7.87. The Labute approximate surface area is 122 Å². The summed E-state index contributed by atoms with van der Waals surface area (Å²) in [4.78, 5) is 14.1. The molecule has 108 valence electrons. The fraction of sp³-hybridized carbons (Fsp3) is 0.400. The van der Waals surface area contributed by atoms with Gasteiger partial charge in [0.2, 0.25) is 0 Å². The van der Waals surface area contributed by atoms with Gasteiger partial charge in [-0.05, 0) is 23.6 Å². The van der Waals surface area contributed by atoms with Crippen LogP contribution in [-0.4, -0.2) is 42.8 Å². The molecule has 0 aliphatic rings. The molecule has 0 aliphatic heterocycles. The maximum absolute atomic E-state index is 11.4. The molecule has 2 rings (SSSR count). The number of likely N-dealkylation sites (N-methyl/N-ethyl adjacent to an activating group) is 1. The Hall–Kier alpha value is -1.43. The summed E-state index contributed by atoms with van der Waals surface area (Å²) in [5.74, 6) is -0.844. The number of aromatic carboxylic acids is 1. The minimum absolute atomic E-state index is 0.446. The number of thiophene rings is 1. The summed E-state index contributed by atoms with van der Waals surface area (Å²) < 4.78 is 6.13. The van der Waals surface area contributed by atoms with Gasteiger partial charge in [0.15, 0.2) is 0 Å². The highest BCUT2D eigenvalue weighted by molar-refractivity contribution is 7.21. The van der Waals surface area contributed by atoms with E-state index in [1.165, 1.54) is 11.3 Å². The Morgan fingerprint density at radius 3 is 2.80 bits per heavy atom. The van der Waals surface area contributed by atoms with Gasteiger partial charge in [0.25, 0.3) is 0 Å². The van der Waals surface area contributed by atoms with Crippen LogP contribution in [0.2, 0.25) is 0 Å². The molecule has 0 saturated heterocycles. The fourth-order valence-corrected chi connectivity index (χ4v) is 3.27. The van der Waals surface area contributed by atoms with Crippen LogP contribution in [0.3, 0.4) is 0 Å². The Kier molecular flexibility index (Phi) is 5.11. The van der Waals surface area contributed by atoms with Crippen molar-refractivity contribution < 1.29 is 14.6 Å². The molecule has 2 aromatic rings. The average Bonchev–Trinajstić information content (AvgIpc) is 2.82. The van der Waals surface area contributed by atoms with Gasteiger partial charge in [-0.15, -0.1) is 11.3 Å². The molecule has 0 saturated carbocycles. The lowest BCUT2D eigenvalue weighted by molar-refractivity contribution is 0.0699. The number of carboxylic acids is 1. The molecule has 0 spiro atoms. The van der Waals surface area contributed by atoms with Gasteiger partial charge in [0.1, 0.15) is 4.88 Å². The van der Waals surface area contributed by atoms with Crippen molar-refractivity contribution in [3.05, 3.63) is 34.7 Å². The third-order valence-corrected chi connectivity index (χ3v) is 4.53. The van der Waals surface area contributed by atoms with Crippen LogP contribution in [0.1, 0.15) is 22.2 Å². The second-order valence-corrected chi connectivity index (χ2v) is 5.62. The molecule has 1 N–H and O–H groups in total. The van der Waals surface area contributed by atoms with Crippen LogP contribution in [0.4, 0.5) is 0 Å². The van der Waals surface area contributed by atoms with E-state index >= 15 is 0 Å². The first kappa shape index (κ1) is 15.0. The predicted octanol–water partition coefficient (Wildman–Crippen LogP) is 3.07. The largest absolute Gasteiger partial charge is 0.477 e. The number of hydrogen-bond donors (Lipinski definition) is 1. The topological polar surface area (TPSA) is 49.8 Å². The molecular formula is C15H19NO3S. The average molecular weight is 293 g/mol. The molecule has 0 atom stereocenters. The second kappa shape index (κ2) is 6.83. The summed E-state index contributed by atoms with van der Waals surface area (Å²) in [6.45, 7) is 5.04. The number of rotatable bonds is 7. The Morgan fingerprint density at radius 1 is 1.40 bits per heavy atom. The summed E-state index contributed by atoms with van der Waals surface area (Å²) in [6.07, 6.45) is 0. The number of carboxylic acid groups (broad SMARTS) is 1. The highest BCUT2D eigenvalue weighted by atomic mass is 32.1. The molecule has 0 aliphatic carbocycles. The summed E-state index contributed by atoms with van der Waals surface area (Å²) in [5.41, 5.74) is 0.913. The van der Waals surface area contributed by atoms with Crippen LogP contribution >= 0.6 is 11.3 Å². The van der Waals surface area contributed by atoms with E-state index in [2.05, 4.69) is 11.8 Å². The SMILES string of the molecule is CCN(CCOC)Cc1c(C(=O)O)sc2ccccc12. The number of fused-ring (bicyclic) bond motifs is 1. The van der Waals surface area contributed by atoms with Gasteiger partial charge in [0.05, 0.1) is 6.61 Å². The van der Waals surface area contributed by atoms with Gasteiger partial charge in [-0.1, -0.05) is 25.1 Å². The molecular weight excluding hydrogens is 274 g/mol. The minimum Gasteiger partial charge on any atom is -0.477 e. The van der Waals surface area contributed by atoms with Crippen molar-refractivity contribution in [3.63, 3.8) is 0 Å². The summed E-state index contributed by atoms with van der Waals surface area (Å²) >= 11 is 1.35. The number of nitrogens with zero attached hydrogens (tertiary/aromatic N) is 1. The Morgan fingerprint density at radius 2 is 2.15 bits per heavy atom. The minimum atomic E-state index is -0.844. The first-order valence-electron chi connectivity index (χ1n) is 6.62. The maximum Gasteiger partial charge on any atom is 0.346 e. The van der Waals surface area contributed by atoms with E-state index in [4.69, 9.17) is 4.74 Å². The van der Waals surface area contributed by atoms with Crippen molar-refractivity contribution in [3.8, 4) is 0 Å². The molecule has 5 heteroatoms. The van der Waals surface area contributed by atoms with Crippen molar-refractivity contribution >= 4 is 27.4 Å². The van der Waals surface area contributed by atoms with Crippen molar-refractivity contribution in [2.24, 2.45) is 0 Å². The van der Waals surface area contributed by atoms with E-state index in [1.807, 2.05) is 24.3 Å². The zero-order valence-electron chi connectivity index (χ0n) is 11.8. The molecule has 20 heavy (non-hydrogen) atoms. The van der Waals surface area contributed by atoms with Gasteiger partial charge in [0, 0.05) is 24.9 Å². The van der Waals surface area contributed by atoms with Crippen LogP contribution in [0.5, 0.6) is 0 Å². The quantitative estimate of drug-likeness (QED) is 0.852. The standard InChI is InChI=1S/C15H19NO3S/c1-3-16(8-9-19-2)10-12-11-6-4-5-7-13(11)20-14(12)15(17)18/h4-7H,3,8-10H2,1-2H3,(H,17,18). The van der Waals surface area contributed by atoms with E-state index in [-0.39, 0.29) is 0 Å². The van der Waals surface area contributed by atoms with E-state index in [9.17, 15) is 9.90 Å². The molecule has 1 aromatic carbocycles. The first-order valence-corrected chi connectivity index (χ1v) is 7.44. The molecule has 1 aromatic heterocycles. The van der Waals surface area contributed by atoms with E-state index < -0.39 is 5.97 Å². The zero-order chi connectivity index (χ0) is 14.5. The van der Waals surface area contributed by atoms with Crippen molar-refractivity contribution in [1.82, 2.24) is 4.90 Å². The third-order valence-electron chi connectivity index (χ3n) is 3.33. The number of methoxy groups -OCH3 is 1. The van der Waals surface area contributed by atoms with Crippen LogP contribution < -0.4 is 0 Å². The molecule has 4 nitrogen and oxygen atoms in total. The van der Waals surface area contributed by atoms with Gasteiger partial charge >= 0.3 is 5.97 Å². The van der Waals surface area contributed by atoms with Gasteiger partial charge in [-0.3, -0.25) is 4.90 Å². The molecule has 0 bridgehead atoms. The molecule has 0 amide bonds. The van der Waals surface area contributed by atoms with E-state index in [1.54, 1.807) is 7.11 Å². The van der Waals surface area contributed by atoms with Crippen LogP contribution in [-0.2, 0) is 11.3 Å². The molecule has 1 heterocycles. The fourth-order valence-electron chi connectivity index (χ4n) is 2.22. The summed E-state index contributed by atoms with van der Waals surface area (Å²) in [5, 5.41) is 10.4. The summed E-state index contributed by atoms with van der Waals surface area (Å²) in [7, 11) is 1.68. The van der Waals surface area contributed by atoms with Gasteiger partial charge in [-0.25, -0.2) is 4.79 Å². The number of hydrogen-bond acceptors (Lipinski definition) is 4. The lowest BCUT2D eigenvalue weighted by atomic mass is 10.1. The monoisotopic (exact) mass is 293 g/mol. The highest BCUT2D eigenvalue weighted by Crippen LogP contribution is 2.32. The van der Waals surface area contributed by atoms with Crippen molar-refractivity contribution in [1.29, 1.82) is 0 Å². The van der Waals surface area contributed by atoms with Crippen LogP contribution in [0.15, 0.2) is 24.3 Å². The van der Waals surface area contributed by atoms with Crippen LogP contribution in [0, 0.1) is 0 Å². The van der Waals surface area contributed by atoms with E-state index in [0.29, 0.717) is 18.0 Å². The highest BCUT2D eigenvalue weighted by Gasteiger charge is 2.19. The zero-order valence-corrected chi connectivity index (χ0v) is 12.6. The van der Waals surface area contributed by atoms with Crippen LogP contribution in [0.25, 0.3) is 10.1 Å². The normalized spacial score (nSPS) is 11.3. The third kappa shape index (κ3) is 3.17. The Bertz CT molecular complexity index is 594. The Balaban J connectivity index is 2.35. The number of ether oxygens (including phenoxy) is 1. The first-order chi connectivity index (χ1) is 9.67. The maximum atomic E-state index is 11.4. The molecule has 0 radical (unpaired) electrons. The lowest BCUT2D eigenvalue weighted by Gasteiger charge is -2.20.